The minimum atomic E-state index is 0. The maximum atomic E-state index is 5.40. The Morgan fingerprint density at radius 2 is 2.12 bits per heavy atom. The highest BCUT2D eigenvalue weighted by Gasteiger charge is 2.11. The molecule has 2 aromatic rings. The smallest absolute Gasteiger partial charge is 0.261 e. The van der Waals surface area contributed by atoms with Gasteiger partial charge in [0.1, 0.15) is 5.75 Å². The van der Waals surface area contributed by atoms with E-state index in [4.69, 9.17) is 15.0 Å². The zero-order valence-corrected chi connectivity index (χ0v) is 9.53. The molecule has 5 nitrogen and oxygen atoms in total. The number of rotatable bonds is 3. The molecule has 86 valence electrons. The number of ether oxygens (including phenoxy) is 1. The fourth-order valence-corrected chi connectivity index (χ4v) is 1.27. The standard InChI is InChI=1S/C10H11N3O2.ClH/c1-14-8-5-3-2-4-7(8)10-12-9(6-11)13-15-10;/h2-5H,6,11H2,1H3;1H. The summed E-state index contributed by atoms with van der Waals surface area (Å²) in [6, 6.07) is 7.45. The first-order chi connectivity index (χ1) is 7.35. The van der Waals surface area contributed by atoms with Gasteiger partial charge < -0.3 is 15.0 Å². The van der Waals surface area contributed by atoms with Crippen LogP contribution in [0.25, 0.3) is 11.5 Å². The van der Waals surface area contributed by atoms with Gasteiger partial charge in [0.2, 0.25) is 0 Å². The fourth-order valence-electron chi connectivity index (χ4n) is 1.27. The molecule has 1 heterocycles. The second-order valence-electron chi connectivity index (χ2n) is 2.92. The van der Waals surface area contributed by atoms with Gasteiger partial charge >= 0.3 is 0 Å². The second-order valence-corrected chi connectivity index (χ2v) is 2.92. The Balaban J connectivity index is 0.00000128. The molecule has 0 saturated heterocycles. The SMILES string of the molecule is COc1ccccc1-c1nc(CN)no1.Cl. The molecule has 0 saturated carbocycles. The average Bonchev–Trinajstić information content (AvgIpc) is 2.77. The zero-order chi connectivity index (χ0) is 10.7. The first kappa shape index (κ1) is 12.5. The van der Waals surface area contributed by atoms with Gasteiger partial charge in [-0.15, -0.1) is 12.4 Å². The van der Waals surface area contributed by atoms with Crippen LogP contribution < -0.4 is 10.5 Å². The van der Waals surface area contributed by atoms with Crippen molar-refractivity contribution in [2.24, 2.45) is 5.73 Å². The van der Waals surface area contributed by atoms with Crippen molar-refractivity contribution in [3.05, 3.63) is 30.1 Å². The van der Waals surface area contributed by atoms with Gasteiger partial charge in [0, 0.05) is 0 Å². The molecule has 0 aliphatic carbocycles. The molecule has 2 N–H and O–H groups in total. The lowest BCUT2D eigenvalue weighted by Crippen LogP contribution is -1.97. The number of hydrogen-bond acceptors (Lipinski definition) is 5. The number of halogens is 1. The molecule has 0 atom stereocenters. The summed E-state index contributed by atoms with van der Waals surface area (Å²) in [6.45, 7) is 0.263. The van der Waals surface area contributed by atoms with Crippen molar-refractivity contribution in [1.29, 1.82) is 0 Å². The van der Waals surface area contributed by atoms with Crippen LogP contribution in [-0.2, 0) is 6.54 Å². The molecule has 0 fully saturated rings. The summed E-state index contributed by atoms with van der Waals surface area (Å²) in [5, 5.41) is 3.72. The molecular weight excluding hydrogens is 230 g/mol. The largest absolute Gasteiger partial charge is 0.496 e. The molecule has 2 rings (SSSR count). The average molecular weight is 242 g/mol. The maximum absolute atomic E-state index is 5.40. The highest BCUT2D eigenvalue weighted by molar-refractivity contribution is 5.85. The van der Waals surface area contributed by atoms with E-state index < -0.39 is 0 Å². The molecule has 6 heteroatoms. The number of nitrogens with two attached hydrogens (primary N) is 1. The fraction of sp³-hybridized carbons (Fsp3) is 0.200. The van der Waals surface area contributed by atoms with Gasteiger partial charge in [0.15, 0.2) is 5.82 Å². The Hall–Kier alpha value is -1.59. The molecule has 16 heavy (non-hydrogen) atoms. The molecular formula is C10H12ClN3O2. The highest BCUT2D eigenvalue weighted by atomic mass is 35.5. The van der Waals surface area contributed by atoms with E-state index in [0.717, 1.165) is 5.56 Å². The van der Waals surface area contributed by atoms with Crippen LogP contribution in [0.5, 0.6) is 5.75 Å². The number of para-hydroxylation sites is 1. The van der Waals surface area contributed by atoms with Crippen molar-refractivity contribution in [2.45, 2.75) is 6.54 Å². The first-order valence-corrected chi connectivity index (χ1v) is 4.51. The van der Waals surface area contributed by atoms with Crippen LogP contribution >= 0.6 is 12.4 Å². The van der Waals surface area contributed by atoms with Gasteiger partial charge in [-0.25, -0.2) is 0 Å². The molecule has 0 unspecified atom stereocenters. The van der Waals surface area contributed by atoms with Crippen LogP contribution in [0.3, 0.4) is 0 Å². The Morgan fingerprint density at radius 1 is 1.38 bits per heavy atom. The van der Waals surface area contributed by atoms with Crippen LogP contribution in [0.4, 0.5) is 0 Å². The molecule has 0 amide bonds. The third kappa shape index (κ3) is 2.32. The molecule has 0 radical (unpaired) electrons. The second kappa shape index (κ2) is 5.48. The van der Waals surface area contributed by atoms with E-state index >= 15 is 0 Å². The molecule has 0 spiro atoms. The van der Waals surface area contributed by atoms with Crippen molar-refractivity contribution in [3.63, 3.8) is 0 Å². The number of nitrogens with zero attached hydrogens (tertiary/aromatic N) is 2. The summed E-state index contributed by atoms with van der Waals surface area (Å²) >= 11 is 0. The Bertz CT molecular complexity index is 459. The van der Waals surface area contributed by atoms with Gasteiger partial charge in [-0.05, 0) is 12.1 Å². The lowest BCUT2D eigenvalue weighted by molar-refractivity contribution is 0.403. The Labute approximate surface area is 99.0 Å². The van der Waals surface area contributed by atoms with Crippen molar-refractivity contribution in [1.82, 2.24) is 10.1 Å². The van der Waals surface area contributed by atoms with Gasteiger partial charge in [-0.1, -0.05) is 17.3 Å². The minimum Gasteiger partial charge on any atom is -0.496 e. The van der Waals surface area contributed by atoms with Gasteiger partial charge in [0.05, 0.1) is 19.2 Å². The van der Waals surface area contributed by atoms with Crippen molar-refractivity contribution in [2.75, 3.05) is 7.11 Å². The molecule has 1 aromatic heterocycles. The lowest BCUT2D eigenvalue weighted by atomic mass is 10.2. The van der Waals surface area contributed by atoms with Crippen LogP contribution in [0, 0.1) is 0 Å². The molecule has 0 bridgehead atoms. The van der Waals surface area contributed by atoms with Gasteiger partial charge in [-0.3, -0.25) is 0 Å². The lowest BCUT2D eigenvalue weighted by Gasteiger charge is -2.02. The van der Waals surface area contributed by atoms with Crippen molar-refractivity contribution in [3.8, 4) is 17.2 Å². The quantitative estimate of drug-likeness (QED) is 0.884. The monoisotopic (exact) mass is 241 g/mol. The van der Waals surface area contributed by atoms with Gasteiger partial charge in [0.25, 0.3) is 5.89 Å². The highest BCUT2D eigenvalue weighted by Crippen LogP contribution is 2.27. The van der Waals surface area contributed by atoms with Crippen LogP contribution in [0.1, 0.15) is 5.82 Å². The summed E-state index contributed by atoms with van der Waals surface area (Å²) in [7, 11) is 1.60. The minimum absolute atomic E-state index is 0. The predicted molar refractivity (Wildman–Crippen MR) is 61.4 cm³/mol. The Morgan fingerprint density at radius 3 is 2.75 bits per heavy atom. The van der Waals surface area contributed by atoms with E-state index in [0.29, 0.717) is 17.5 Å². The normalized spacial score (nSPS) is 9.62. The predicted octanol–water partition coefficient (Wildman–Crippen LogP) is 1.63. The van der Waals surface area contributed by atoms with Gasteiger partial charge in [-0.2, -0.15) is 4.98 Å². The number of hydrogen-bond donors (Lipinski definition) is 1. The van der Waals surface area contributed by atoms with E-state index in [-0.39, 0.29) is 19.0 Å². The summed E-state index contributed by atoms with van der Waals surface area (Å²) in [5.74, 6) is 1.61. The number of aromatic nitrogens is 2. The zero-order valence-electron chi connectivity index (χ0n) is 8.71. The summed E-state index contributed by atoms with van der Waals surface area (Å²) in [6.07, 6.45) is 0. The van der Waals surface area contributed by atoms with Crippen LogP contribution in [0.2, 0.25) is 0 Å². The summed E-state index contributed by atoms with van der Waals surface area (Å²) in [4.78, 5) is 4.12. The third-order valence-electron chi connectivity index (χ3n) is 1.99. The van der Waals surface area contributed by atoms with Crippen molar-refractivity contribution >= 4 is 12.4 Å². The number of benzene rings is 1. The molecule has 0 aliphatic rings. The van der Waals surface area contributed by atoms with E-state index in [2.05, 4.69) is 10.1 Å². The number of methoxy groups -OCH3 is 1. The Kier molecular flexibility index (Phi) is 4.28. The summed E-state index contributed by atoms with van der Waals surface area (Å²) in [5.41, 5.74) is 6.17. The first-order valence-electron chi connectivity index (χ1n) is 4.51. The third-order valence-corrected chi connectivity index (χ3v) is 1.99. The van der Waals surface area contributed by atoms with E-state index in [9.17, 15) is 0 Å². The van der Waals surface area contributed by atoms with E-state index in [1.165, 1.54) is 0 Å². The van der Waals surface area contributed by atoms with E-state index in [1.807, 2.05) is 24.3 Å². The maximum Gasteiger partial charge on any atom is 0.261 e. The molecule has 1 aromatic carbocycles. The van der Waals surface area contributed by atoms with Crippen LogP contribution in [0.15, 0.2) is 28.8 Å². The summed E-state index contributed by atoms with van der Waals surface area (Å²) < 4.78 is 10.2. The topological polar surface area (TPSA) is 74.2 Å². The van der Waals surface area contributed by atoms with Crippen LogP contribution in [-0.4, -0.2) is 17.3 Å². The van der Waals surface area contributed by atoms with E-state index in [1.54, 1.807) is 7.11 Å². The van der Waals surface area contributed by atoms with Crippen molar-refractivity contribution < 1.29 is 9.26 Å². The molecule has 0 aliphatic heterocycles.